The van der Waals surface area contributed by atoms with Gasteiger partial charge in [-0.2, -0.15) is 0 Å². The molecule has 7 nitrogen and oxygen atoms in total. The van der Waals surface area contributed by atoms with Crippen molar-refractivity contribution < 1.29 is 23.9 Å². The van der Waals surface area contributed by atoms with Gasteiger partial charge in [-0.25, -0.2) is 10.3 Å². The molecule has 1 aromatic carbocycles. The van der Waals surface area contributed by atoms with E-state index < -0.39 is 23.6 Å². The van der Waals surface area contributed by atoms with Gasteiger partial charge in [0, 0.05) is 0 Å². The first-order chi connectivity index (χ1) is 11.7. The zero-order chi connectivity index (χ0) is 18.9. The van der Waals surface area contributed by atoms with Crippen molar-refractivity contribution in [3.8, 4) is 5.75 Å². The van der Waals surface area contributed by atoms with Gasteiger partial charge < -0.3 is 14.8 Å². The van der Waals surface area contributed by atoms with Crippen LogP contribution in [-0.2, 0) is 14.4 Å². The summed E-state index contributed by atoms with van der Waals surface area (Å²) >= 11 is 0. The number of alkyl carbamates (subject to hydrolysis) is 1. The highest BCUT2D eigenvalue weighted by Gasteiger charge is 2.27. The Hall–Kier alpha value is -2.28. The molecule has 0 heterocycles. The predicted molar refractivity (Wildman–Crippen MR) is 94.0 cm³/mol. The third-order valence-electron chi connectivity index (χ3n) is 2.99. The Morgan fingerprint density at radius 3 is 2.28 bits per heavy atom. The summed E-state index contributed by atoms with van der Waals surface area (Å²) < 4.78 is 10.6. The molecule has 2 amide bonds. The third-order valence-corrected chi connectivity index (χ3v) is 2.99. The third kappa shape index (κ3) is 8.95. The van der Waals surface area contributed by atoms with Gasteiger partial charge in [-0.1, -0.05) is 32.0 Å². The van der Waals surface area contributed by atoms with Crippen LogP contribution < -0.4 is 15.5 Å². The Balaban J connectivity index is 2.34. The maximum absolute atomic E-state index is 12.2. The van der Waals surface area contributed by atoms with E-state index in [0.717, 1.165) is 5.75 Å². The van der Waals surface area contributed by atoms with Crippen molar-refractivity contribution in [2.24, 2.45) is 5.92 Å². The topological polar surface area (TPSA) is 85.9 Å². The first-order valence-corrected chi connectivity index (χ1v) is 8.28. The smallest absolute Gasteiger partial charge is 0.408 e. The highest BCUT2D eigenvalue weighted by Crippen LogP contribution is 2.09. The minimum absolute atomic E-state index is 0.128. The van der Waals surface area contributed by atoms with Gasteiger partial charge >= 0.3 is 6.09 Å². The van der Waals surface area contributed by atoms with Crippen LogP contribution >= 0.6 is 0 Å². The Morgan fingerprint density at radius 1 is 1.08 bits per heavy atom. The van der Waals surface area contributed by atoms with Crippen LogP contribution in [0.3, 0.4) is 0 Å². The Labute approximate surface area is 149 Å². The van der Waals surface area contributed by atoms with Crippen molar-refractivity contribution in [2.75, 3.05) is 13.2 Å². The SMILES string of the molecule is CC(C)C(NC(=O)OC(C)(C)C)C(=O)NOCCOc1ccccc1. The number of hydroxylamine groups is 1. The number of hydrogen-bond acceptors (Lipinski definition) is 5. The molecule has 0 aliphatic rings. The quantitative estimate of drug-likeness (QED) is 0.555. The van der Waals surface area contributed by atoms with E-state index in [-0.39, 0.29) is 19.1 Å². The normalized spacial score (nSPS) is 12.4. The number of carbonyl (C=O) groups excluding carboxylic acids is 2. The molecule has 2 N–H and O–H groups in total. The minimum Gasteiger partial charge on any atom is -0.491 e. The molecule has 25 heavy (non-hydrogen) atoms. The fourth-order valence-electron chi connectivity index (χ4n) is 1.87. The van der Waals surface area contributed by atoms with E-state index in [2.05, 4.69) is 10.8 Å². The van der Waals surface area contributed by atoms with Gasteiger partial charge in [0.15, 0.2) is 0 Å². The van der Waals surface area contributed by atoms with Crippen molar-refractivity contribution in [1.82, 2.24) is 10.8 Å². The number of para-hydroxylation sites is 1. The van der Waals surface area contributed by atoms with Gasteiger partial charge in [-0.05, 0) is 38.8 Å². The van der Waals surface area contributed by atoms with E-state index in [9.17, 15) is 9.59 Å². The lowest BCUT2D eigenvalue weighted by atomic mass is 10.0. The lowest BCUT2D eigenvalue weighted by molar-refractivity contribution is -0.137. The Kier molecular flexibility index (Phi) is 8.21. The standard InChI is InChI=1S/C18H28N2O5/c1-13(2)15(19-17(22)25-18(3,4)5)16(21)20-24-12-11-23-14-9-7-6-8-10-14/h6-10,13,15H,11-12H2,1-5H3,(H,19,22)(H,20,21). The van der Waals surface area contributed by atoms with Crippen LogP contribution in [0.4, 0.5) is 4.79 Å². The summed E-state index contributed by atoms with van der Waals surface area (Å²) in [5.41, 5.74) is 1.70. The Morgan fingerprint density at radius 2 is 1.72 bits per heavy atom. The molecule has 1 atom stereocenters. The molecule has 0 saturated carbocycles. The zero-order valence-corrected chi connectivity index (χ0v) is 15.5. The van der Waals surface area contributed by atoms with Crippen molar-refractivity contribution in [3.63, 3.8) is 0 Å². The first kappa shape index (κ1) is 20.8. The molecule has 1 rings (SSSR count). The van der Waals surface area contributed by atoms with Gasteiger partial charge in [-0.15, -0.1) is 0 Å². The van der Waals surface area contributed by atoms with Crippen LogP contribution in [0.25, 0.3) is 0 Å². The summed E-state index contributed by atoms with van der Waals surface area (Å²) in [5, 5.41) is 2.56. The predicted octanol–water partition coefficient (Wildman–Crippen LogP) is 2.66. The molecule has 0 bridgehead atoms. The molecular formula is C18H28N2O5. The minimum atomic E-state index is -0.759. The van der Waals surface area contributed by atoms with E-state index in [0.29, 0.717) is 0 Å². The summed E-state index contributed by atoms with van der Waals surface area (Å²) in [5.74, 6) is 0.154. The molecule has 140 valence electrons. The second-order valence-electron chi connectivity index (χ2n) is 6.84. The lowest BCUT2D eigenvalue weighted by Gasteiger charge is -2.25. The summed E-state index contributed by atoms with van der Waals surface area (Å²) in [6.45, 7) is 9.38. The zero-order valence-electron chi connectivity index (χ0n) is 15.5. The molecule has 1 unspecified atom stereocenters. The van der Waals surface area contributed by atoms with Crippen molar-refractivity contribution >= 4 is 12.0 Å². The van der Waals surface area contributed by atoms with E-state index in [1.807, 2.05) is 44.2 Å². The fourth-order valence-corrected chi connectivity index (χ4v) is 1.87. The average Bonchev–Trinajstić information content (AvgIpc) is 2.51. The van der Waals surface area contributed by atoms with Gasteiger partial charge in [0.2, 0.25) is 0 Å². The molecule has 7 heteroatoms. The average molecular weight is 352 g/mol. The lowest BCUT2D eigenvalue weighted by Crippen LogP contribution is -2.51. The van der Waals surface area contributed by atoms with Crippen LogP contribution in [0.5, 0.6) is 5.75 Å². The molecule has 0 saturated heterocycles. The van der Waals surface area contributed by atoms with Gasteiger partial charge in [0.05, 0.1) is 0 Å². The second-order valence-corrected chi connectivity index (χ2v) is 6.84. The summed E-state index contributed by atoms with van der Waals surface area (Å²) in [7, 11) is 0. The first-order valence-electron chi connectivity index (χ1n) is 8.28. The highest BCUT2D eigenvalue weighted by atomic mass is 16.7. The summed E-state index contributed by atoms with van der Waals surface area (Å²) in [6, 6.07) is 8.54. The molecule has 0 spiro atoms. The summed E-state index contributed by atoms with van der Waals surface area (Å²) in [4.78, 5) is 29.1. The number of carbonyl (C=O) groups is 2. The monoisotopic (exact) mass is 352 g/mol. The van der Waals surface area contributed by atoms with Gasteiger partial charge in [0.1, 0.15) is 30.6 Å². The fraction of sp³-hybridized carbons (Fsp3) is 0.556. The second kappa shape index (κ2) is 9.88. The molecule has 0 radical (unpaired) electrons. The molecular weight excluding hydrogens is 324 g/mol. The van der Waals surface area contributed by atoms with E-state index >= 15 is 0 Å². The number of nitrogens with one attached hydrogen (secondary N) is 2. The highest BCUT2D eigenvalue weighted by molar-refractivity contribution is 5.85. The van der Waals surface area contributed by atoms with Crippen molar-refractivity contribution in [1.29, 1.82) is 0 Å². The van der Waals surface area contributed by atoms with E-state index in [4.69, 9.17) is 14.3 Å². The van der Waals surface area contributed by atoms with Gasteiger partial charge in [-0.3, -0.25) is 9.63 Å². The molecule has 0 fully saturated rings. The number of rotatable bonds is 8. The number of hydrogen-bond donors (Lipinski definition) is 2. The van der Waals surface area contributed by atoms with Crippen molar-refractivity contribution in [2.45, 2.75) is 46.3 Å². The van der Waals surface area contributed by atoms with E-state index in [1.54, 1.807) is 20.8 Å². The molecule has 1 aromatic rings. The van der Waals surface area contributed by atoms with Crippen LogP contribution in [0.2, 0.25) is 0 Å². The van der Waals surface area contributed by atoms with Crippen LogP contribution in [0.15, 0.2) is 30.3 Å². The van der Waals surface area contributed by atoms with Crippen LogP contribution in [-0.4, -0.2) is 36.9 Å². The summed E-state index contributed by atoms with van der Waals surface area (Å²) in [6.07, 6.45) is -0.645. The maximum atomic E-state index is 12.2. The maximum Gasteiger partial charge on any atom is 0.408 e. The number of ether oxygens (including phenoxy) is 2. The van der Waals surface area contributed by atoms with Gasteiger partial charge in [0.25, 0.3) is 5.91 Å². The molecule has 0 aliphatic heterocycles. The molecule has 0 aromatic heterocycles. The molecule has 0 aliphatic carbocycles. The van der Waals surface area contributed by atoms with E-state index in [1.165, 1.54) is 0 Å². The largest absolute Gasteiger partial charge is 0.491 e. The van der Waals surface area contributed by atoms with Crippen molar-refractivity contribution in [3.05, 3.63) is 30.3 Å². The van der Waals surface area contributed by atoms with Crippen LogP contribution in [0.1, 0.15) is 34.6 Å². The number of amides is 2. The van der Waals surface area contributed by atoms with Crippen LogP contribution in [0, 0.1) is 5.92 Å². The Bertz CT molecular complexity index is 540. The number of benzene rings is 1.